The highest BCUT2D eigenvalue weighted by molar-refractivity contribution is 6.06. The van der Waals surface area contributed by atoms with Gasteiger partial charge in [0, 0.05) is 94.0 Å². The molecule has 0 radical (unpaired) electrons. The van der Waals surface area contributed by atoms with Crippen LogP contribution in [0.15, 0.2) is 79.1 Å². The Balaban J connectivity index is 0.682. The molecule has 6 heterocycles. The molecule has 5 amide bonds. The SMILES string of the molecule is Nc1ncnc2c1c(-c1ccc(Oc3ccccc3)cc1)nn2C1CCCN(C(=O)CCCN2CCN(C(=O)CCCCCNc3cccc4c3CN(C3CCC(=O)NC3=O)C4=O)CC2)C1. The first-order chi connectivity index (χ1) is 32.2. The molecule has 0 saturated carbocycles. The van der Waals surface area contributed by atoms with E-state index in [9.17, 15) is 24.0 Å². The fourth-order valence-corrected chi connectivity index (χ4v) is 9.68. The zero-order valence-electron chi connectivity index (χ0n) is 37.2. The molecule has 4 aliphatic rings. The summed E-state index contributed by atoms with van der Waals surface area (Å²) >= 11 is 0. The number of piperazine rings is 1. The van der Waals surface area contributed by atoms with Crippen molar-refractivity contribution in [3.05, 3.63) is 90.3 Å². The molecule has 5 aromatic rings. The van der Waals surface area contributed by atoms with Crippen molar-refractivity contribution >= 4 is 52.1 Å². The lowest BCUT2D eigenvalue weighted by molar-refractivity contribution is -0.137. The third-order valence-corrected chi connectivity index (χ3v) is 13.3. The van der Waals surface area contributed by atoms with Gasteiger partial charge < -0.3 is 30.5 Å². The monoisotopic (exact) mass is 895 g/mol. The number of nitrogen functional groups attached to an aromatic ring is 1. The molecule has 66 heavy (non-hydrogen) atoms. The summed E-state index contributed by atoms with van der Waals surface area (Å²) < 4.78 is 7.93. The summed E-state index contributed by atoms with van der Waals surface area (Å²) in [4.78, 5) is 80.6. The number of carbonyl (C=O) groups is 5. The lowest BCUT2D eigenvalue weighted by Crippen LogP contribution is -2.52. The van der Waals surface area contributed by atoms with E-state index in [1.54, 1.807) is 11.0 Å². The van der Waals surface area contributed by atoms with E-state index < -0.39 is 11.9 Å². The summed E-state index contributed by atoms with van der Waals surface area (Å²) in [6.45, 7) is 6.06. The predicted molar refractivity (Wildman–Crippen MR) is 248 cm³/mol. The van der Waals surface area contributed by atoms with Crippen LogP contribution in [0.3, 0.4) is 0 Å². The minimum Gasteiger partial charge on any atom is -0.457 e. The molecule has 0 bridgehead atoms. The number of carbonyl (C=O) groups excluding carboxylic acids is 5. The third-order valence-electron chi connectivity index (χ3n) is 13.3. The van der Waals surface area contributed by atoms with Gasteiger partial charge in [0.25, 0.3) is 5.91 Å². The molecule has 3 saturated heterocycles. The summed E-state index contributed by atoms with van der Waals surface area (Å²) in [5.74, 6) is 1.24. The summed E-state index contributed by atoms with van der Waals surface area (Å²) in [5.41, 5.74) is 11.0. The van der Waals surface area contributed by atoms with Crippen LogP contribution in [0.5, 0.6) is 11.5 Å². The number of hydrogen-bond donors (Lipinski definition) is 3. The van der Waals surface area contributed by atoms with Crippen LogP contribution in [0.4, 0.5) is 11.5 Å². The van der Waals surface area contributed by atoms with Crippen molar-refractivity contribution in [2.45, 2.75) is 82.8 Å². The minimum absolute atomic E-state index is 0.0546. The maximum atomic E-state index is 13.6. The van der Waals surface area contributed by atoms with E-state index in [1.165, 1.54) is 6.33 Å². The molecule has 2 unspecified atom stereocenters. The zero-order valence-corrected chi connectivity index (χ0v) is 37.2. The molecule has 17 nitrogen and oxygen atoms in total. The van der Waals surface area contributed by atoms with Crippen molar-refractivity contribution < 1.29 is 28.7 Å². The fourth-order valence-electron chi connectivity index (χ4n) is 9.68. The van der Waals surface area contributed by atoms with Gasteiger partial charge in [-0.15, -0.1) is 0 Å². The number of likely N-dealkylation sites (tertiary alicyclic amines) is 1. The first kappa shape index (κ1) is 44.3. The molecule has 0 spiro atoms. The number of nitrogens with two attached hydrogens (primary N) is 1. The first-order valence-corrected chi connectivity index (χ1v) is 23.3. The Morgan fingerprint density at radius 3 is 2.38 bits per heavy atom. The Labute approximate surface area is 383 Å². The summed E-state index contributed by atoms with van der Waals surface area (Å²) in [7, 11) is 0. The van der Waals surface area contributed by atoms with E-state index in [4.69, 9.17) is 15.6 Å². The summed E-state index contributed by atoms with van der Waals surface area (Å²) in [6.07, 6.45) is 8.04. The highest BCUT2D eigenvalue weighted by Crippen LogP contribution is 2.36. The molecular formula is C49H57N11O6. The molecule has 17 heteroatoms. The van der Waals surface area contributed by atoms with Gasteiger partial charge in [-0.05, 0) is 93.6 Å². The second kappa shape index (κ2) is 20.1. The average Bonchev–Trinajstić information content (AvgIpc) is 3.90. The Morgan fingerprint density at radius 2 is 1.58 bits per heavy atom. The summed E-state index contributed by atoms with van der Waals surface area (Å²) in [6, 6.07) is 22.2. The quantitative estimate of drug-likeness (QED) is 0.0844. The molecular weight excluding hydrogens is 839 g/mol. The van der Waals surface area contributed by atoms with E-state index in [-0.39, 0.29) is 36.1 Å². The normalized spacial score (nSPS) is 19.0. The number of anilines is 2. The number of para-hydroxylation sites is 1. The van der Waals surface area contributed by atoms with Gasteiger partial charge in [0.15, 0.2) is 5.65 Å². The minimum atomic E-state index is -0.643. The van der Waals surface area contributed by atoms with Gasteiger partial charge in [0.05, 0.1) is 11.4 Å². The number of ether oxygens (including phenoxy) is 1. The van der Waals surface area contributed by atoms with Gasteiger partial charge in [0.1, 0.15) is 35.4 Å². The van der Waals surface area contributed by atoms with E-state index in [0.29, 0.717) is 92.4 Å². The predicted octanol–water partition coefficient (Wildman–Crippen LogP) is 5.39. The third kappa shape index (κ3) is 9.85. The number of nitrogens with one attached hydrogen (secondary N) is 2. The highest BCUT2D eigenvalue weighted by atomic mass is 16.5. The van der Waals surface area contributed by atoms with Crippen molar-refractivity contribution in [3.63, 3.8) is 0 Å². The van der Waals surface area contributed by atoms with Crippen LogP contribution in [0.2, 0.25) is 0 Å². The number of amides is 5. The van der Waals surface area contributed by atoms with Crippen LogP contribution in [-0.4, -0.2) is 127 Å². The van der Waals surface area contributed by atoms with Crippen molar-refractivity contribution in [1.29, 1.82) is 0 Å². The lowest BCUT2D eigenvalue weighted by Gasteiger charge is -2.35. The van der Waals surface area contributed by atoms with Crippen LogP contribution in [0, 0.1) is 0 Å². The molecule has 3 fully saturated rings. The molecule has 4 N–H and O–H groups in total. The van der Waals surface area contributed by atoms with E-state index in [2.05, 4.69) is 25.5 Å². The van der Waals surface area contributed by atoms with Crippen LogP contribution in [0.1, 0.15) is 86.2 Å². The van der Waals surface area contributed by atoms with E-state index in [0.717, 1.165) is 80.7 Å². The smallest absolute Gasteiger partial charge is 0.255 e. The van der Waals surface area contributed by atoms with Crippen molar-refractivity contribution in [2.24, 2.45) is 0 Å². The van der Waals surface area contributed by atoms with Gasteiger partial charge in [-0.1, -0.05) is 30.7 Å². The van der Waals surface area contributed by atoms with Crippen LogP contribution in [0.25, 0.3) is 22.3 Å². The van der Waals surface area contributed by atoms with Crippen LogP contribution < -0.4 is 21.1 Å². The molecule has 2 aromatic heterocycles. The number of benzene rings is 3. The van der Waals surface area contributed by atoms with Gasteiger partial charge in [-0.3, -0.25) is 34.2 Å². The van der Waals surface area contributed by atoms with Gasteiger partial charge >= 0.3 is 0 Å². The Bertz CT molecular complexity index is 2580. The molecule has 4 aliphatic heterocycles. The van der Waals surface area contributed by atoms with Gasteiger partial charge in [-0.2, -0.15) is 5.10 Å². The number of unbranched alkanes of at least 4 members (excludes halogenated alkanes) is 2. The Hall–Kier alpha value is -6.88. The number of nitrogens with zero attached hydrogens (tertiary/aromatic N) is 8. The van der Waals surface area contributed by atoms with E-state index in [1.807, 2.05) is 81.2 Å². The molecule has 2 atom stereocenters. The largest absolute Gasteiger partial charge is 0.457 e. The average molecular weight is 896 g/mol. The number of piperidine rings is 2. The zero-order chi connectivity index (χ0) is 45.6. The second-order valence-corrected chi connectivity index (χ2v) is 17.6. The Kier molecular flexibility index (Phi) is 13.5. The van der Waals surface area contributed by atoms with Crippen LogP contribution in [-0.2, 0) is 25.7 Å². The molecule has 0 aliphatic carbocycles. The molecule has 344 valence electrons. The van der Waals surface area contributed by atoms with E-state index >= 15 is 0 Å². The first-order valence-electron chi connectivity index (χ1n) is 23.3. The molecule has 3 aromatic carbocycles. The standard InChI is InChI=1S/C49H57N11O6/c50-46-44-45(33-17-19-36(20-18-33)66-35-11-3-1-4-12-35)55-60(47(44)53-32-52-46)34-10-8-25-58(30-34)43(63)16-9-24-56-26-28-57(29-27-56)42(62)15-5-2-6-23-51-39-14-7-13-37-38(39)31-59(49(37)65)40-21-22-41(61)54-48(40)64/h1,3-4,7,11-14,17-20,32,34,40,51H,2,5-6,8-10,15-16,21-31H2,(H2,50,52,53)(H,54,61,64). The van der Waals surface area contributed by atoms with Crippen molar-refractivity contribution in [2.75, 3.05) is 63.4 Å². The molecule has 9 rings (SSSR count). The summed E-state index contributed by atoms with van der Waals surface area (Å²) in [5, 5.41) is 11.6. The van der Waals surface area contributed by atoms with Gasteiger partial charge in [-0.25, -0.2) is 14.6 Å². The lowest BCUT2D eigenvalue weighted by atomic mass is 10.0. The maximum Gasteiger partial charge on any atom is 0.255 e. The second-order valence-electron chi connectivity index (χ2n) is 17.6. The highest BCUT2D eigenvalue weighted by Gasteiger charge is 2.40. The number of fused-ring (bicyclic) bond motifs is 2. The number of hydrogen-bond acceptors (Lipinski definition) is 12. The number of aromatic nitrogens is 4. The van der Waals surface area contributed by atoms with Crippen molar-refractivity contribution in [1.82, 2.24) is 44.7 Å². The van der Waals surface area contributed by atoms with Crippen LogP contribution >= 0.6 is 0 Å². The fraction of sp³-hybridized carbons (Fsp3) is 0.429. The maximum absolute atomic E-state index is 13.6. The number of rotatable bonds is 16. The number of imide groups is 1. The topological polar surface area (TPSA) is 201 Å². The Morgan fingerprint density at radius 1 is 0.803 bits per heavy atom. The van der Waals surface area contributed by atoms with Crippen molar-refractivity contribution in [3.8, 4) is 22.8 Å². The van der Waals surface area contributed by atoms with Gasteiger partial charge in [0.2, 0.25) is 23.6 Å².